The third kappa shape index (κ3) is 4.19. The van der Waals surface area contributed by atoms with Crippen molar-refractivity contribution in [1.29, 1.82) is 0 Å². The van der Waals surface area contributed by atoms with Gasteiger partial charge in [-0.2, -0.15) is 0 Å². The summed E-state index contributed by atoms with van der Waals surface area (Å²) in [5, 5.41) is 3.29. The molecule has 94 valence electrons. The molecule has 1 aliphatic rings. The van der Waals surface area contributed by atoms with Crippen LogP contribution < -0.4 is 11.1 Å². The van der Waals surface area contributed by atoms with Crippen molar-refractivity contribution >= 4 is 11.6 Å². The average molecular weight is 236 g/mol. The lowest BCUT2D eigenvalue weighted by Crippen LogP contribution is -2.09. The summed E-state index contributed by atoms with van der Waals surface area (Å²) in [6.45, 7) is 3.97. The van der Waals surface area contributed by atoms with Crippen LogP contribution >= 0.6 is 0 Å². The van der Waals surface area contributed by atoms with E-state index in [1.165, 1.54) is 19.3 Å². The van der Waals surface area contributed by atoms with E-state index in [1.807, 2.05) is 6.92 Å². The van der Waals surface area contributed by atoms with Crippen LogP contribution in [-0.2, 0) is 11.3 Å². The van der Waals surface area contributed by atoms with Gasteiger partial charge in [-0.3, -0.25) is 0 Å². The minimum atomic E-state index is 0.416. The molecule has 2 rings (SSSR count). The van der Waals surface area contributed by atoms with Crippen molar-refractivity contribution in [1.82, 2.24) is 9.97 Å². The van der Waals surface area contributed by atoms with E-state index in [9.17, 15) is 0 Å². The maximum absolute atomic E-state index is 5.73. The zero-order valence-corrected chi connectivity index (χ0v) is 10.3. The lowest BCUT2D eigenvalue weighted by Gasteiger charge is -2.08. The van der Waals surface area contributed by atoms with Gasteiger partial charge in [0.1, 0.15) is 18.2 Å². The third-order valence-electron chi connectivity index (χ3n) is 2.78. The minimum Gasteiger partial charge on any atom is -0.384 e. The van der Waals surface area contributed by atoms with Gasteiger partial charge in [0.2, 0.25) is 0 Å². The van der Waals surface area contributed by atoms with Crippen LogP contribution in [0.15, 0.2) is 6.07 Å². The van der Waals surface area contributed by atoms with Crippen molar-refractivity contribution < 1.29 is 4.74 Å². The van der Waals surface area contributed by atoms with Crippen molar-refractivity contribution in [2.75, 3.05) is 24.2 Å². The molecule has 1 aromatic heterocycles. The van der Waals surface area contributed by atoms with Crippen LogP contribution in [0.5, 0.6) is 0 Å². The third-order valence-corrected chi connectivity index (χ3v) is 2.78. The van der Waals surface area contributed by atoms with Crippen LogP contribution in [-0.4, -0.2) is 23.1 Å². The van der Waals surface area contributed by atoms with Gasteiger partial charge in [-0.05, 0) is 19.3 Å². The average Bonchev–Trinajstić information content (AvgIpc) is 3.10. The van der Waals surface area contributed by atoms with Gasteiger partial charge in [-0.15, -0.1) is 0 Å². The van der Waals surface area contributed by atoms with E-state index in [1.54, 1.807) is 6.07 Å². The normalized spacial score (nSPS) is 14.9. The first-order valence-electron chi connectivity index (χ1n) is 6.23. The summed E-state index contributed by atoms with van der Waals surface area (Å²) in [6.07, 6.45) is 3.97. The quantitative estimate of drug-likeness (QED) is 0.755. The zero-order valence-electron chi connectivity index (χ0n) is 10.3. The molecular formula is C12H20N4O. The molecule has 0 amide bonds. The van der Waals surface area contributed by atoms with E-state index in [0.29, 0.717) is 24.9 Å². The fourth-order valence-corrected chi connectivity index (χ4v) is 1.68. The number of aromatic nitrogens is 2. The van der Waals surface area contributed by atoms with E-state index in [-0.39, 0.29) is 0 Å². The highest BCUT2D eigenvalue weighted by molar-refractivity contribution is 5.44. The van der Waals surface area contributed by atoms with Gasteiger partial charge in [0.25, 0.3) is 0 Å². The molecule has 5 heteroatoms. The number of hydrogen-bond donors (Lipinski definition) is 2. The molecule has 0 aromatic carbocycles. The molecule has 0 unspecified atom stereocenters. The zero-order chi connectivity index (χ0) is 12.1. The number of rotatable bonds is 7. The summed E-state index contributed by atoms with van der Waals surface area (Å²) in [4.78, 5) is 8.49. The molecule has 1 heterocycles. The molecule has 3 N–H and O–H groups in total. The summed E-state index contributed by atoms with van der Waals surface area (Å²) in [6, 6.07) is 1.77. The van der Waals surface area contributed by atoms with Gasteiger partial charge in [-0.1, -0.05) is 12.8 Å². The molecule has 0 aliphatic heterocycles. The minimum absolute atomic E-state index is 0.416. The number of nitrogen functional groups attached to an aromatic ring is 1. The maximum Gasteiger partial charge on any atom is 0.158 e. The van der Waals surface area contributed by atoms with E-state index in [4.69, 9.17) is 10.5 Å². The van der Waals surface area contributed by atoms with Crippen molar-refractivity contribution in [3.63, 3.8) is 0 Å². The Morgan fingerprint density at radius 2 is 2.29 bits per heavy atom. The van der Waals surface area contributed by atoms with Gasteiger partial charge in [-0.25, -0.2) is 9.97 Å². The molecule has 0 spiro atoms. The van der Waals surface area contributed by atoms with Crippen LogP contribution in [0.1, 0.15) is 32.0 Å². The molecule has 5 nitrogen and oxygen atoms in total. The summed E-state index contributed by atoms with van der Waals surface area (Å²) in [5.74, 6) is 2.85. The van der Waals surface area contributed by atoms with E-state index in [2.05, 4.69) is 15.3 Å². The number of ether oxygens (including phenoxy) is 1. The topological polar surface area (TPSA) is 73.1 Å². The maximum atomic E-state index is 5.73. The second kappa shape index (κ2) is 5.82. The Hall–Kier alpha value is -1.36. The van der Waals surface area contributed by atoms with Crippen LogP contribution in [0.4, 0.5) is 11.6 Å². The van der Waals surface area contributed by atoms with Gasteiger partial charge in [0.15, 0.2) is 5.82 Å². The standard InChI is InChI=1S/C12H20N4O/c1-2-17-8-12-15-10(13)7-11(16-12)14-6-5-9-3-4-9/h7,9H,2-6,8H2,1H3,(H3,13,14,15,16). The van der Waals surface area contributed by atoms with Crippen LogP contribution in [0.3, 0.4) is 0 Å². The fourth-order valence-electron chi connectivity index (χ4n) is 1.68. The first-order chi connectivity index (χ1) is 8.28. The predicted molar refractivity (Wildman–Crippen MR) is 67.6 cm³/mol. The number of nitrogens with one attached hydrogen (secondary N) is 1. The monoisotopic (exact) mass is 236 g/mol. The van der Waals surface area contributed by atoms with Gasteiger partial charge in [0, 0.05) is 19.2 Å². The Balaban J connectivity index is 1.87. The molecule has 0 bridgehead atoms. The van der Waals surface area contributed by atoms with E-state index < -0.39 is 0 Å². The predicted octanol–water partition coefficient (Wildman–Crippen LogP) is 1.81. The SMILES string of the molecule is CCOCc1nc(N)cc(NCCC2CC2)n1. The highest BCUT2D eigenvalue weighted by Crippen LogP contribution is 2.32. The van der Waals surface area contributed by atoms with Crippen molar-refractivity contribution in [2.45, 2.75) is 32.8 Å². The fraction of sp³-hybridized carbons (Fsp3) is 0.667. The summed E-state index contributed by atoms with van der Waals surface area (Å²) in [5.41, 5.74) is 5.73. The van der Waals surface area contributed by atoms with Gasteiger partial charge in [0.05, 0.1) is 0 Å². The van der Waals surface area contributed by atoms with E-state index >= 15 is 0 Å². The molecule has 1 aromatic rings. The van der Waals surface area contributed by atoms with Crippen LogP contribution in [0, 0.1) is 5.92 Å². The second-order valence-corrected chi connectivity index (χ2v) is 4.39. The smallest absolute Gasteiger partial charge is 0.158 e. The van der Waals surface area contributed by atoms with Crippen molar-refractivity contribution in [3.8, 4) is 0 Å². The highest BCUT2D eigenvalue weighted by Gasteiger charge is 2.20. The highest BCUT2D eigenvalue weighted by atomic mass is 16.5. The lowest BCUT2D eigenvalue weighted by molar-refractivity contribution is 0.128. The molecular weight excluding hydrogens is 216 g/mol. The largest absolute Gasteiger partial charge is 0.384 e. The Labute approximate surface area is 102 Å². The second-order valence-electron chi connectivity index (χ2n) is 4.39. The molecule has 1 saturated carbocycles. The Morgan fingerprint density at radius 3 is 3.00 bits per heavy atom. The molecule has 1 aliphatic carbocycles. The number of anilines is 2. The Bertz CT molecular complexity index is 366. The number of nitrogens with two attached hydrogens (primary N) is 1. The van der Waals surface area contributed by atoms with Gasteiger partial charge >= 0.3 is 0 Å². The number of nitrogens with zero attached hydrogens (tertiary/aromatic N) is 2. The molecule has 1 fully saturated rings. The Kier molecular flexibility index (Phi) is 4.14. The molecule has 17 heavy (non-hydrogen) atoms. The summed E-state index contributed by atoms with van der Waals surface area (Å²) in [7, 11) is 0. The van der Waals surface area contributed by atoms with Crippen molar-refractivity contribution in [2.24, 2.45) is 5.92 Å². The summed E-state index contributed by atoms with van der Waals surface area (Å²) >= 11 is 0. The lowest BCUT2D eigenvalue weighted by atomic mass is 10.3. The number of hydrogen-bond acceptors (Lipinski definition) is 5. The van der Waals surface area contributed by atoms with Crippen LogP contribution in [0.2, 0.25) is 0 Å². The Morgan fingerprint density at radius 1 is 1.47 bits per heavy atom. The molecule has 0 radical (unpaired) electrons. The van der Waals surface area contributed by atoms with Crippen molar-refractivity contribution in [3.05, 3.63) is 11.9 Å². The first kappa shape index (κ1) is 12.1. The van der Waals surface area contributed by atoms with Crippen LogP contribution in [0.25, 0.3) is 0 Å². The molecule has 0 atom stereocenters. The summed E-state index contributed by atoms with van der Waals surface area (Å²) < 4.78 is 5.27. The molecule has 0 saturated heterocycles. The first-order valence-corrected chi connectivity index (χ1v) is 6.23. The van der Waals surface area contributed by atoms with E-state index in [0.717, 1.165) is 18.3 Å². The van der Waals surface area contributed by atoms with Gasteiger partial charge < -0.3 is 15.8 Å².